The summed E-state index contributed by atoms with van der Waals surface area (Å²) in [7, 11) is 3.63. The number of likely N-dealkylation sites (N-methyl/N-ethyl adjacent to an activating group) is 1. The predicted octanol–water partition coefficient (Wildman–Crippen LogP) is 4.36. The number of aromatic carboxylic acids is 1. The molecule has 9 heteroatoms. The van der Waals surface area contributed by atoms with E-state index in [-0.39, 0.29) is 17.4 Å². The molecule has 3 aromatic carbocycles. The molecule has 0 saturated heterocycles. The van der Waals surface area contributed by atoms with Gasteiger partial charge in [0.2, 0.25) is 0 Å². The van der Waals surface area contributed by atoms with Gasteiger partial charge >= 0.3 is 5.97 Å². The number of nitrogens with zero attached hydrogens (tertiary/aromatic N) is 2. The summed E-state index contributed by atoms with van der Waals surface area (Å²) in [6.07, 6.45) is 0. The number of hydrogen-bond acceptors (Lipinski definition) is 6. The molecule has 202 valence electrons. The lowest BCUT2D eigenvalue weighted by Crippen LogP contribution is -2.34. The topological polar surface area (TPSA) is 127 Å². The third kappa shape index (κ3) is 6.51. The number of rotatable bonds is 11. The Morgan fingerprint density at radius 1 is 1.03 bits per heavy atom. The number of aryl methyl sites for hydroxylation is 1. The van der Waals surface area contributed by atoms with Crippen molar-refractivity contribution in [2.75, 3.05) is 40.4 Å². The van der Waals surface area contributed by atoms with E-state index in [4.69, 9.17) is 9.73 Å². The van der Waals surface area contributed by atoms with Crippen molar-refractivity contribution in [3.63, 3.8) is 0 Å². The molecule has 4 aromatic rings. The van der Waals surface area contributed by atoms with Gasteiger partial charge in [0.05, 0.1) is 29.1 Å². The minimum absolute atomic E-state index is 0.110. The number of methoxy groups -OCH3 is 1. The average Bonchev–Trinajstić information content (AvgIpc) is 3.24. The van der Waals surface area contributed by atoms with Gasteiger partial charge in [0.15, 0.2) is 5.88 Å². The number of nitrogens with one attached hydrogen (secondary N) is 2. The van der Waals surface area contributed by atoms with Gasteiger partial charge in [0, 0.05) is 48.8 Å². The molecule has 0 aliphatic heterocycles. The minimum atomic E-state index is -1.04. The highest BCUT2D eigenvalue weighted by atomic mass is 16.5. The molecule has 1 aromatic heterocycles. The number of aliphatic imine (C=N–C) groups is 1. The first kappa shape index (κ1) is 27.6. The van der Waals surface area contributed by atoms with E-state index in [9.17, 15) is 19.8 Å². The zero-order valence-electron chi connectivity index (χ0n) is 22.2. The van der Waals surface area contributed by atoms with Crippen LogP contribution in [0.25, 0.3) is 10.9 Å². The van der Waals surface area contributed by atoms with Crippen LogP contribution in [0, 0.1) is 6.92 Å². The summed E-state index contributed by atoms with van der Waals surface area (Å²) in [5.41, 5.74) is 4.08. The predicted molar refractivity (Wildman–Crippen MR) is 152 cm³/mol. The van der Waals surface area contributed by atoms with E-state index in [2.05, 4.69) is 15.2 Å². The SMILES string of the molecule is COCCN(C)CCNC(=O)c1ccc(N=C(c2ccccc2)c2c(O)[nH]c3cc(C(=O)O)c(C)cc23)cc1. The van der Waals surface area contributed by atoms with Crippen molar-refractivity contribution in [1.82, 2.24) is 15.2 Å². The molecule has 4 N–H and O–H groups in total. The van der Waals surface area contributed by atoms with E-state index >= 15 is 0 Å². The highest BCUT2D eigenvalue weighted by Gasteiger charge is 2.21. The summed E-state index contributed by atoms with van der Waals surface area (Å²) in [4.78, 5) is 34.1. The maximum absolute atomic E-state index is 12.6. The largest absolute Gasteiger partial charge is 0.494 e. The molecule has 0 aliphatic carbocycles. The molecule has 0 unspecified atom stereocenters. The van der Waals surface area contributed by atoms with Gasteiger partial charge in [-0.05, 0) is 55.9 Å². The molecule has 0 saturated carbocycles. The maximum Gasteiger partial charge on any atom is 0.336 e. The number of benzene rings is 3. The van der Waals surface area contributed by atoms with Crippen LogP contribution < -0.4 is 5.32 Å². The van der Waals surface area contributed by atoms with Gasteiger partial charge in [0.25, 0.3) is 5.91 Å². The second kappa shape index (κ2) is 12.4. The number of H-pyrrole nitrogens is 1. The molecular weight excluding hydrogens is 496 g/mol. The smallest absolute Gasteiger partial charge is 0.336 e. The van der Waals surface area contributed by atoms with Crippen LogP contribution in [0.2, 0.25) is 0 Å². The van der Waals surface area contributed by atoms with Crippen molar-refractivity contribution >= 4 is 34.2 Å². The highest BCUT2D eigenvalue weighted by molar-refractivity contribution is 6.22. The lowest BCUT2D eigenvalue weighted by molar-refractivity contribution is 0.0696. The standard InChI is InChI=1S/C30H32N4O5/c1-19-17-24-25(18-23(19)30(37)38)33-29(36)26(24)27(20-7-5-4-6-8-20)32-22-11-9-21(10-12-22)28(35)31-13-14-34(2)15-16-39-3/h4-12,17-18,33,36H,13-16H2,1-3H3,(H,31,35)(H,37,38). The lowest BCUT2D eigenvalue weighted by atomic mass is 9.98. The molecule has 1 amide bonds. The molecule has 0 atom stereocenters. The fourth-order valence-corrected chi connectivity index (χ4v) is 4.30. The van der Waals surface area contributed by atoms with Gasteiger partial charge < -0.3 is 30.2 Å². The van der Waals surface area contributed by atoms with E-state index in [0.717, 1.165) is 12.1 Å². The summed E-state index contributed by atoms with van der Waals surface area (Å²) in [5.74, 6) is -1.32. The lowest BCUT2D eigenvalue weighted by Gasteiger charge is -2.16. The number of amides is 1. The number of carbonyl (C=O) groups excluding carboxylic acids is 1. The van der Waals surface area contributed by atoms with Crippen molar-refractivity contribution in [2.45, 2.75) is 6.92 Å². The van der Waals surface area contributed by atoms with Gasteiger partial charge in [0.1, 0.15) is 0 Å². The molecule has 4 rings (SSSR count). The Bertz CT molecular complexity index is 1490. The third-order valence-electron chi connectivity index (χ3n) is 6.46. The van der Waals surface area contributed by atoms with E-state index in [1.165, 1.54) is 6.07 Å². The summed E-state index contributed by atoms with van der Waals surface area (Å²) < 4.78 is 5.07. The number of hydrogen-bond donors (Lipinski definition) is 4. The second-order valence-electron chi connectivity index (χ2n) is 9.29. The highest BCUT2D eigenvalue weighted by Crippen LogP contribution is 2.33. The Morgan fingerprint density at radius 3 is 2.41 bits per heavy atom. The van der Waals surface area contributed by atoms with Crippen LogP contribution in [-0.2, 0) is 4.74 Å². The first-order chi connectivity index (χ1) is 18.8. The zero-order chi connectivity index (χ0) is 27.9. The maximum atomic E-state index is 12.6. The summed E-state index contributed by atoms with van der Waals surface area (Å²) in [5, 5.41) is 24.0. The number of aromatic hydroxyl groups is 1. The van der Waals surface area contributed by atoms with Crippen LogP contribution in [0.15, 0.2) is 71.7 Å². The quantitative estimate of drug-likeness (QED) is 0.214. The van der Waals surface area contributed by atoms with Gasteiger partial charge in [-0.25, -0.2) is 9.79 Å². The Hall–Kier alpha value is -4.47. The van der Waals surface area contributed by atoms with Gasteiger partial charge in [-0.15, -0.1) is 0 Å². The first-order valence-corrected chi connectivity index (χ1v) is 12.6. The molecule has 0 radical (unpaired) electrons. The normalized spacial score (nSPS) is 11.7. The Kier molecular flexibility index (Phi) is 8.75. The number of carboxylic acids is 1. The summed E-state index contributed by atoms with van der Waals surface area (Å²) in [6.45, 7) is 4.36. The number of aromatic amines is 1. The second-order valence-corrected chi connectivity index (χ2v) is 9.29. The van der Waals surface area contributed by atoms with Crippen LogP contribution in [-0.4, -0.2) is 78.1 Å². The van der Waals surface area contributed by atoms with Crippen molar-refractivity contribution in [3.05, 3.63) is 94.5 Å². The number of carboxylic acid groups (broad SMARTS) is 1. The van der Waals surface area contributed by atoms with Crippen molar-refractivity contribution in [1.29, 1.82) is 0 Å². The third-order valence-corrected chi connectivity index (χ3v) is 6.46. The molecule has 39 heavy (non-hydrogen) atoms. The van der Waals surface area contributed by atoms with E-state index in [1.807, 2.05) is 37.4 Å². The number of carbonyl (C=O) groups is 2. The molecule has 0 aliphatic rings. The Labute approximate surface area is 226 Å². The Balaban J connectivity index is 1.64. The van der Waals surface area contributed by atoms with E-state index in [0.29, 0.717) is 58.7 Å². The monoisotopic (exact) mass is 528 g/mol. The van der Waals surface area contributed by atoms with Crippen LogP contribution in [0.4, 0.5) is 5.69 Å². The van der Waals surface area contributed by atoms with Crippen LogP contribution >= 0.6 is 0 Å². The van der Waals surface area contributed by atoms with Crippen LogP contribution in [0.1, 0.15) is 37.4 Å². The fraction of sp³-hybridized carbons (Fsp3) is 0.233. The summed E-state index contributed by atoms with van der Waals surface area (Å²) in [6, 6.07) is 19.6. The van der Waals surface area contributed by atoms with Crippen molar-refractivity contribution in [2.24, 2.45) is 4.99 Å². The molecule has 0 fully saturated rings. The van der Waals surface area contributed by atoms with Gasteiger partial charge in [-0.2, -0.15) is 0 Å². The number of ether oxygens (including phenoxy) is 1. The van der Waals surface area contributed by atoms with Crippen LogP contribution in [0.3, 0.4) is 0 Å². The molecule has 0 spiro atoms. The minimum Gasteiger partial charge on any atom is -0.494 e. The molecule has 0 bridgehead atoms. The first-order valence-electron chi connectivity index (χ1n) is 12.6. The van der Waals surface area contributed by atoms with E-state index < -0.39 is 5.97 Å². The van der Waals surface area contributed by atoms with Crippen molar-refractivity contribution in [3.8, 4) is 5.88 Å². The Morgan fingerprint density at radius 2 is 1.74 bits per heavy atom. The number of fused-ring (bicyclic) bond motifs is 1. The molecule has 9 nitrogen and oxygen atoms in total. The number of aromatic nitrogens is 1. The van der Waals surface area contributed by atoms with Gasteiger partial charge in [-0.3, -0.25) is 4.79 Å². The molecule has 1 heterocycles. The zero-order valence-corrected chi connectivity index (χ0v) is 22.2. The van der Waals surface area contributed by atoms with E-state index in [1.54, 1.807) is 44.4 Å². The van der Waals surface area contributed by atoms with Crippen LogP contribution in [0.5, 0.6) is 5.88 Å². The summed E-state index contributed by atoms with van der Waals surface area (Å²) >= 11 is 0. The fourth-order valence-electron chi connectivity index (χ4n) is 4.30. The molecular formula is C30H32N4O5. The van der Waals surface area contributed by atoms with Gasteiger partial charge in [-0.1, -0.05) is 30.3 Å². The van der Waals surface area contributed by atoms with Crippen molar-refractivity contribution < 1.29 is 24.5 Å². The average molecular weight is 529 g/mol.